The third kappa shape index (κ3) is 7.34. The van der Waals surface area contributed by atoms with Gasteiger partial charge in [-0.2, -0.15) is 0 Å². The highest BCUT2D eigenvalue weighted by Crippen LogP contribution is 2.38. The van der Waals surface area contributed by atoms with Crippen LogP contribution in [0.3, 0.4) is 0 Å². The molecule has 0 radical (unpaired) electrons. The second-order valence-corrected chi connectivity index (χ2v) is 13.8. The monoisotopic (exact) mass is 710 g/mol. The van der Waals surface area contributed by atoms with Crippen LogP contribution in [0.4, 0.5) is 10.5 Å². The predicted molar refractivity (Wildman–Crippen MR) is 197 cm³/mol. The smallest absolute Gasteiger partial charge is 0.323 e. The van der Waals surface area contributed by atoms with Gasteiger partial charge in [0.15, 0.2) is 0 Å². The van der Waals surface area contributed by atoms with Crippen molar-refractivity contribution < 1.29 is 28.9 Å². The second kappa shape index (κ2) is 15.3. The molecule has 3 aliphatic heterocycles. The summed E-state index contributed by atoms with van der Waals surface area (Å²) in [6.45, 7) is 4.04. The molecule has 1 atom stereocenters. The van der Waals surface area contributed by atoms with E-state index in [1.165, 1.54) is 0 Å². The normalized spacial score (nSPS) is 19.2. The molecule has 0 saturated carbocycles. The molecule has 2 aromatic heterocycles. The van der Waals surface area contributed by atoms with Crippen LogP contribution in [-0.4, -0.2) is 102 Å². The Labute approximate surface area is 302 Å². The van der Waals surface area contributed by atoms with Gasteiger partial charge in [0.1, 0.15) is 17.7 Å². The summed E-state index contributed by atoms with van der Waals surface area (Å²) in [4.78, 5) is 48.5. The van der Waals surface area contributed by atoms with E-state index in [1.54, 1.807) is 67.4 Å². The Kier molecular flexibility index (Phi) is 10.4. The molecule has 3 aliphatic rings. The maximum absolute atomic E-state index is 13.4. The number of carbonyl (C=O) groups excluding carboxylic acids is 2. The number of rotatable bonds is 9. The molecular formula is C39H46N6O7. The number of urea groups is 1. The number of aryl methyl sites for hydroxylation is 1. The lowest BCUT2D eigenvalue weighted by Crippen LogP contribution is -2.51. The molecule has 3 fully saturated rings. The minimum atomic E-state index is -0.845. The Balaban J connectivity index is 0.932. The van der Waals surface area contributed by atoms with E-state index in [1.807, 2.05) is 29.3 Å². The van der Waals surface area contributed by atoms with Crippen molar-refractivity contribution in [3.8, 4) is 22.6 Å². The molecule has 0 bridgehead atoms. The van der Waals surface area contributed by atoms with Crippen molar-refractivity contribution in [2.45, 2.75) is 57.1 Å². The molecule has 2 N–H and O–H groups in total. The number of aliphatic hydroxyl groups excluding tert-OH is 1. The lowest BCUT2D eigenvalue weighted by molar-refractivity contribution is -0.0629. The summed E-state index contributed by atoms with van der Waals surface area (Å²) in [6.07, 6.45) is 8.36. The number of anilines is 1. The van der Waals surface area contributed by atoms with E-state index < -0.39 is 6.23 Å². The predicted octanol–water partition coefficient (Wildman–Crippen LogP) is 4.14. The summed E-state index contributed by atoms with van der Waals surface area (Å²) in [5.74, 6) is 1.41. The standard InChI is InChI=1S/C39H46N6O7/c1-42-23-32(30-7-13-40-22-31(30)38(42)48)26-20-34(50-2)33(35(21-26)51-3)24-43-14-8-28(9-15-43)52-29-10-16-44(17-11-29)37(47)25-5-4-6-27(19-25)45-18-12-36(46)41-39(45)49/h4-7,13,19-23,28-29,36,46H,8-12,14-18,24H2,1-3H3,(H,41,49). The fraction of sp³-hybridized carbons (Fsp3) is 0.436. The molecule has 274 valence electrons. The number of amides is 3. The van der Waals surface area contributed by atoms with Crippen molar-refractivity contribution in [3.05, 3.63) is 82.5 Å². The Morgan fingerprint density at radius 3 is 2.27 bits per heavy atom. The number of hydrogen-bond acceptors (Lipinski definition) is 9. The number of fused-ring (bicyclic) bond motifs is 1. The maximum Gasteiger partial charge on any atom is 0.323 e. The minimum absolute atomic E-state index is 0.0510. The van der Waals surface area contributed by atoms with E-state index in [2.05, 4.69) is 15.2 Å². The van der Waals surface area contributed by atoms with Gasteiger partial charge in [0, 0.05) is 88.1 Å². The second-order valence-electron chi connectivity index (χ2n) is 13.8. The molecule has 5 heterocycles. The number of methoxy groups -OCH3 is 2. The molecule has 3 amide bonds. The highest BCUT2D eigenvalue weighted by molar-refractivity contribution is 5.98. The number of pyridine rings is 2. The van der Waals surface area contributed by atoms with Crippen molar-refractivity contribution in [1.29, 1.82) is 0 Å². The highest BCUT2D eigenvalue weighted by Gasteiger charge is 2.30. The fourth-order valence-corrected chi connectivity index (χ4v) is 7.61. The van der Waals surface area contributed by atoms with Crippen LogP contribution in [0.15, 0.2) is 65.8 Å². The number of likely N-dealkylation sites (tertiary alicyclic amines) is 2. The van der Waals surface area contributed by atoms with Gasteiger partial charge in [-0.25, -0.2) is 4.79 Å². The molecule has 2 aromatic carbocycles. The Morgan fingerprint density at radius 1 is 0.904 bits per heavy atom. The first-order valence-electron chi connectivity index (χ1n) is 17.9. The summed E-state index contributed by atoms with van der Waals surface area (Å²) in [6, 6.07) is 12.7. The molecule has 52 heavy (non-hydrogen) atoms. The maximum atomic E-state index is 13.4. The number of ether oxygens (including phenoxy) is 3. The lowest BCUT2D eigenvalue weighted by Gasteiger charge is -2.37. The van der Waals surface area contributed by atoms with Crippen LogP contribution >= 0.6 is 0 Å². The van der Waals surface area contributed by atoms with Crippen LogP contribution in [0.5, 0.6) is 11.5 Å². The van der Waals surface area contributed by atoms with Crippen molar-refractivity contribution in [3.63, 3.8) is 0 Å². The summed E-state index contributed by atoms with van der Waals surface area (Å²) < 4.78 is 20.0. The molecule has 1 unspecified atom stereocenters. The fourth-order valence-electron chi connectivity index (χ4n) is 7.61. The minimum Gasteiger partial charge on any atom is -0.496 e. The average Bonchev–Trinajstić information content (AvgIpc) is 3.17. The number of piperidine rings is 2. The van der Waals surface area contributed by atoms with Gasteiger partial charge in [0.05, 0.1) is 37.4 Å². The molecule has 0 spiro atoms. The number of aromatic nitrogens is 2. The van der Waals surface area contributed by atoms with E-state index in [0.29, 0.717) is 49.2 Å². The zero-order chi connectivity index (χ0) is 36.4. The van der Waals surface area contributed by atoms with Gasteiger partial charge in [-0.15, -0.1) is 0 Å². The first-order chi connectivity index (χ1) is 25.2. The first-order valence-corrected chi connectivity index (χ1v) is 17.9. The largest absolute Gasteiger partial charge is 0.496 e. The van der Waals surface area contributed by atoms with Crippen molar-refractivity contribution in [2.75, 3.05) is 51.8 Å². The number of benzene rings is 2. The number of hydrogen-bond donors (Lipinski definition) is 2. The molecule has 7 rings (SSSR count). The lowest BCUT2D eigenvalue weighted by atomic mass is 9.98. The zero-order valence-electron chi connectivity index (χ0n) is 29.9. The van der Waals surface area contributed by atoms with Crippen LogP contribution < -0.4 is 25.2 Å². The third-order valence-corrected chi connectivity index (χ3v) is 10.5. The van der Waals surface area contributed by atoms with Crippen LogP contribution in [0, 0.1) is 0 Å². The quantitative estimate of drug-likeness (QED) is 0.263. The Morgan fingerprint density at radius 2 is 1.60 bits per heavy atom. The van der Waals surface area contributed by atoms with Gasteiger partial charge >= 0.3 is 6.03 Å². The van der Waals surface area contributed by atoms with Gasteiger partial charge < -0.3 is 34.1 Å². The van der Waals surface area contributed by atoms with Crippen molar-refractivity contribution >= 4 is 28.4 Å². The molecular weight excluding hydrogens is 664 g/mol. The number of carbonyl (C=O) groups is 2. The average molecular weight is 711 g/mol. The van der Waals surface area contributed by atoms with Crippen LogP contribution in [0.25, 0.3) is 21.9 Å². The van der Waals surface area contributed by atoms with E-state index in [-0.39, 0.29) is 29.7 Å². The van der Waals surface area contributed by atoms with E-state index in [4.69, 9.17) is 14.2 Å². The van der Waals surface area contributed by atoms with Crippen LogP contribution in [-0.2, 0) is 18.3 Å². The van der Waals surface area contributed by atoms with E-state index >= 15 is 0 Å². The molecule has 3 saturated heterocycles. The van der Waals surface area contributed by atoms with E-state index in [9.17, 15) is 19.5 Å². The number of nitrogens with one attached hydrogen (secondary N) is 1. The number of nitrogens with zero attached hydrogens (tertiary/aromatic N) is 5. The first kappa shape index (κ1) is 35.4. The molecule has 13 nitrogen and oxygen atoms in total. The van der Waals surface area contributed by atoms with E-state index in [0.717, 1.165) is 72.3 Å². The summed E-state index contributed by atoms with van der Waals surface area (Å²) in [5, 5.41) is 13.6. The van der Waals surface area contributed by atoms with Gasteiger partial charge in [0.2, 0.25) is 0 Å². The Bertz CT molecular complexity index is 1980. The van der Waals surface area contributed by atoms with Crippen molar-refractivity contribution in [1.82, 2.24) is 24.7 Å². The SMILES string of the molecule is COc1cc(-c2cn(C)c(=O)c3cnccc23)cc(OC)c1CN1CCC(OC2CCN(C(=O)c3cccc(N4CCC(O)NC4=O)c3)CC2)CC1. The van der Waals surface area contributed by atoms with Crippen molar-refractivity contribution in [2.24, 2.45) is 7.05 Å². The summed E-state index contributed by atoms with van der Waals surface area (Å²) in [5.41, 5.74) is 3.86. The number of aliphatic hydroxyl groups is 1. The van der Waals surface area contributed by atoms with Gasteiger partial charge in [-0.3, -0.25) is 24.4 Å². The van der Waals surface area contributed by atoms with Gasteiger partial charge in [-0.1, -0.05) is 6.07 Å². The third-order valence-electron chi connectivity index (χ3n) is 10.5. The van der Waals surface area contributed by atoms with Gasteiger partial charge in [0.25, 0.3) is 11.5 Å². The molecule has 0 aliphatic carbocycles. The summed E-state index contributed by atoms with van der Waals surface area (Å²) in [7, 11) is 5.08. The highest BCUT2D eigenvalue weighted by atomic mass is 16.5. The zero-order valence-corrected chi connectivity index (χ0v) is 29.9. The topological polar surface area (TPSA) is 139 Å². The molecule has 13 heteroatoms. The Hall–Kier alpha value is -4.98. The molecule has 4 aromatic rings. The van der Waals surface area contributed by atoms with Gasteiger partial charge in [-0.05, 0) is 73.0 Å². The summed E-state index contributed by atoms with van der Waals surface area (Å²) >= 11 is 0. The van der Waals surface area contributed by atoms with Crippen LogP contribution in [0.2, 0.25) is 0 Å². The van der Waals surface area contributed by atoms with Crippen LogP contribution in [0.1, 0.15) is 48.0 Å².